The van der Waals surface area contributed by atoms with Gasteiger partial charge in [0.2, 0.25) is 11.6 Å². The van der Waals surface area contributed by atoms with Crippen molar-refractivity contribution in [3.05, 3.63) is 130 Å². The number of hydrogen-bond acceptors (Lipinski definition) is 11. The number of ketones is 1. The molecule has 4 unspecified atom stereocenters. The Hall–Kier alpha value is -5.65. The molecule has 2 N–H and O–H groups in total. The van der Waals surface area contributed by atoms with Gasteiger partial charge in [-0.15, -0.1) is 0 Å². The highest BCUT2D eigenvalue weighted by atomic mass is 16.5. The molecule has 2 fully saturated rings. The van der Waals surface area contributed by atoms with E-state index in [2.05, 4.69) is 133 Å². The predicted molar refractivity (Wildman–Crippen MR) is 220 cm³/mol. The third kappa shape index (κ3) is 5.88. The minimum atomic E-state index is -0.584. The number of aliphatic hydroxyl groups excluding tert-OH is 2. The fourth-order valence-corrected chi connectivity index (χ4v) is 10.5. The van der Waals surface area contributed by atoms with Crippen molar-refractivity contribution < 1.29 is 24.1 Å². The van der Waals surface area contributed by atoms with Crippen LogP contribution < -0.4 is 9.80 Å². The summed E-state index contributed by atoms with van der Waals surface area (Å²) in [6.45, 7) is 11.3. The minimum absolute atomic E-state index is 0.135. The summed E-state index contributed by atoms with van der Waals surface area (Å²) >= 11 is 0. The van der Waals surface area contributed by atoms with Crippen LogP contribution in [-0.4, -0.2) is 62.5 Å². The molecule has 0 saturated carbocycles. The van der Waals surface area contributed by atoms with Crippen molar-refractivity contribution in [2.75, 3.05) is 36.0 Å². The maximum atomic E-state index is 13.6. The number of carbonyl (C=O) groups excluding carboxylic acids is 1. The van der Waals surface area contributed by atoms with Crippen LogP contribution in [0.3, 0.4) is 0 Å². The summed E-state index contributed by atoms with van der Waals surface area (Å²) in [5, 5.41) is 30.7. The largest absolute Gasteiger partial charge is 0.388 e. The van der Waals surface area contributed by atoms with Crippen LogP contribution in [-0.2, 0) is 10.8 Å². The lowest BCUT2D eigenvalue weighted by Crippen LogP contribution is -2.29. The Morgan fingerprint density at radius 2 is 1.09 bits per heavy atom. The van der Waals surface area contributed by atoms with E-state index in [9.17, 15) is 15.0 Å². The highest BCUT2D eigenvalue weighted by Gasteiger charge is 2.50. The van der Waals surface area contributed by atoms with Crippen molar-refractivity contribution in [1.29, 1.82) is 0 Å². The Balaban J connectivity index is 0.827. The summed E-state index contributed by atoms with van der Waals surface area (Å²) in [7, 11) is 0. The second kappa shape index (κ2) is 13.7. The zero-order valence-electron chi connectivity index (χ0n) is 33.4. The van der Waals surface area contributed by atoms with Crippen molar-refractivity contribution in [2.45, 2.75) is 88.3 Å². The first-order valence-corrected chi connectivity index (χ1v) is 20.6. The topological polar surface area (TPSA) is 142 Å². The van der Waals surface area contributed by atoms with Crippen molar-refractivity contribution in [1.82, 2.24) is 20.3 Å². The molecule has 0 amide bonds. The van der Waals surface area contributed by atoms with Gasteiger partial charge in [-0.25, -0.2) is 0 Å². The molecule has 2 aliphatic heterocycles. The molecule has 296 valence electrons. The average molecular weight is 777 g/mol. The lowest BCUT2D eigenvalue weighted by molar-refractivity contribution is 0.101. The number of fused-ring (bicyclic) bond motifs is 4. The van der Waals surface area contributed by atoms with E-state index < -0.39 is 18.0 Å². The molecule has 6 aromatic rings. The third-order valence-electron chi connectivity index (χ3n) is 13.4. The maximum absolute atomic E-state index is 13.6. The van der Waals surface area contributed by atoms with Gasteiger partial charge in [0, 0.05) is 37.0 Å². The SMILES string of the molecule is CC(C)c1ccccc1-c1ccc2c(c1)C(O)CC21CCN(c2nc(C(=O)c3noc(N4CCC5(CC(O)c6cc(-c7ccccc7C(C)C)ccc65)C4)n3)no2)C1. The maximum Gasteiger partial charge on any atom is 0.324 e. The number of rotatable bonds is 8. The molecular weight excluding hydrogens is 729 g/mol. The summed E-state index contributed by atoms with van der Waals surface area (Å²) in [6, 6.07) is 30.5. The van der Waals surface area contributed by atoms with Crippen LogP contribution in [0.2, 0.25) is 0 Å². The Morgan fingerprint density at radius 1 is 0.655 bits per heavy atom. The minimum Gasteiger partial charge on any atom is -0.388 e. The summed E-state index contributed by atoms with van der Waals surface area (Å²) in [4.78, 5) is 26.6. The van der Waals surface area contributed by atoms with Crippen LogP contribution in [0.1, 0.15) is 127 Å². The Labute approximate surface area is 337 Å². The summed E-state index contributed by atoms with van der Waals surface area (Å²) in [6.07, 6.45) is 1.69. The van der Waals surface area contributed by atoms with Crippen molar-refractivity contribution in [2.24, 2.45) is 0 Å². The highest BCUT2D eigenvalue weighted by Crippen LogP contribution is 2.53. The van der Waals surface area contributed by atoms with Crippen LogP contribution in [0.25, 0.3) is 22.3 Å². The number of nitrogens with zero attached hydrogens (tertiary/aromatic N) is 6. The molecule has 2 aliphatic carbocycles. The molecule has 4 aromatic carbocycles. The number of anilines is 2. The molecule has 4 heterocycles. The number of benzene rings is 4. The Bertz CT molecular complexity index is 2390. The van der Waals surface area contributed by atoms with Crippen molar-refractivity contribution in [3.63, 3.8) is 0 Å². The van der Waals surface area contributed by atoms with Gasteiger partial charge in [0.15, 0.2) is 0 Å². The van der Waals surface area contributed by atoms with Crippen molar-refractivity contribution >= 4 is 17.8 Å². The number of aromatic nitrogens is 4. The van der Waals surface area contributed by atoms with E-state index in [1.54, 1.807) is 0 Å². The Morgan fingerprint density at radius 3 is 1.52 bits per heavy atom. The average Bonchev–Trinajstić information content (AvgIpc) is 4.10. The zero-order chi connectivity index (χ0) is 39.9. The fraction of sp³-hybridized carbons (Fsp3) is 0.383. The van der Waals surface area contributed by atoms with Crippen LogP contribution in [0.5, 0.6) is 0 Å². The molecule has 2 aromatic heterocycles. The first-order valence-electron chi connectivity index (χ1n) is 20.6. The van der Waals surface area contributed by atoms with Gasteiger partial charge < -0.3 is 29.1 Å². The monoisotopic (exact) mass is 776 g/mol. The molecule has 11 heteroatoms. The molecule has 4 aliphatic rings. The zero-order valence-corrected chi connectivity index (χ0v) is 33.4. The van der Waals surface area contributed by atoms with Gasteiger partial charge in [-0.1, -0.05) is 111 Å². The summed E-state index contributed by atoms with van der Waals surface area (Å²) < 4.78 is 11.3. The van der Waals surface area contributed by atoms with Crippen LogP contribution >= 0.6 is 0 Å². The fourth-order valence-electron chi connectivity index (χ4n) is 10.5. The highest BCUT2D eigenvalue weighted by molar-refractivity contribution is 6.03. The lowest BCUT2D eigenvalue weighted by Gasteiger charge is -2.25. The first kappa shape index (κ1) is 36.7. The number of aliphatic hydroxyl groups is 2. The lowest BCUT2D eigenvalue weighted by atomic mass is 9.80. The predicted octanol–water partition coefficient (Wildman–Crippen LogP) is 8.43. The summed E-state index contributed by atoms with van der Waals surface area (Å²) in [5.74, 6) is -0.0854. The molecule has 11 nitrogen and oxygen atoms in total. The molecule has 4 atom stereocenters. The normalized spacial score (nSPS) is 23.6. The molecule has 0 bridgehead atoms. The third-order valence-corrected chi connectivity index (χ3v) is 13.4. The number of carbonyl (C=O) groups is 1. The molecular formula is C47H48N6O5. The second-order valence-corrected chi connectivity index (χ2v) is 17.6. The Kier molecular flexibility index (Phi) is 8.69. The molecule has 10 rings (SSSR count). The molecule has 2 spiro atoms. The van der Waals surface area contributed by atoms with Gasteiger partial charge in [-0.2, -0.15) is 9.97 Å². The van der Waals surface area contributed by atoms with Gasteiger partial charge >= 0.3 is 12.0 Å². The van der Waals surface area contributed by atoms with Crippen LogP contribution in [0, 0.1) is 0 Å². The van der Waals surface area contributed by atoms with Gasteiger partial charge in [-0.3, -0.25) is 4.79 Å². The van der Waals surface area contributed by atoms with Crippen LogP contribution in [0.15, 0.2) is 94.0 Å². The van der Waals surface area contributed by atoms with Crippen molar-refractivity contribution in [3.8, 4) is 22.3 Å². The van der Waals surface area contributed by atoms with E-state index in [1.807, 2.05) is 9.80 Å². The van der Waals surface area contributed by atoms with E-state index in [0.29, 0.717) is 50.9 Å². The molecule has 0 radical (unpaired) electrons. The van der Waals surface area contributed by atoms with E-state index >= 15 is 0 Å². The van der Waals surface area contributed by atoms with Crippen LogP contribution in [0.4, 0.5) is 12.0 Å². The first-order chi connectivity index (χ1) is 28.0. The number of hydrogen-bond donors (Lipinski definition) is 2. The van der Waals surface area contributed by atoms with Gasteiger partial charge in [-0.05, 0) is 105 Å². The quantitative estimate of drug-likeness (QED) is 0.144. The van der Waals surface area contributed by atoms with E-state index in [4.69, 9.17) is 9.05 Å². The van der Waals surface area contributed by atoms with Gasteiger partial charge in [0.1, 0.15) is 0 Å². The smallest absolute Gasteiger partial charge is 0.324 e. The van der Waals surface area contributed by atoms with Gasteiger partial charge in [0.25, 0.3) is 5.78 Å². The van der Waals surface area contributed by atoms with E-state index in [0.717, 1.165) is 46.2 Å². The van der Waals surface area contributed by atoms with Gasteiger partial charge in [0.05, 0.1) is 12.2 Å². The van der Waals surface area contributed by atoms with E-state index in [1.165, 1.54) is 22.3 Å². The summed E-state index contributed by atoms with van der Waals surface area (Å²) in [5.41, 5.74) is 10.9. The molecule has 2 saturated heterocycles. The molecule has 58 heavy (non-hydrogen) atoms. The second-order valence-electron chi connectivity index (χ2n) is 17.6. The van der Waals surface area contributed by atoms with E-state index in [-0.39, 0.29) is 34.5 Å². The standard InChI is InChI=1S/C47H48N6O5/c1-27(2)31-9-5-7-11-33(31)29-13-15-37-35(21-29)39(54)23-46(37)17-19-52(25-46)44-48-42(50-57-44)41(56)43-49-45(58-51-43)53-20-18-47(26-53)24-40(55)36-22-30(14-16-38(36)47)34-12-8-6-10-32(34)28(3)4/h5-16,21-22,27-28,39-40,54-55H,17-20,23-26H2,1-4H3.